The molecule has 0 radical (unpaired) electrons. The second-order valence-electron chi connectivity index (χ2n) is 7.60. The van der Waals surface area contributed by atoms with Gasteiger partial charge in [0.25, 0.3) is 5.69 Å². The molecule has 1 aliphatic heterocycles. The van der Waals surface area contributed by atoms with Gasteiger partial charge >= 0.3 is 0 Å². The second-order valence-corrected chi connectivity index (χ2v) is 7.60. The summed E-state index contributed by atoms with van der Waals surface area (Å²) in [6, 6.07) is 4.51. The fraction of sp³-hybridized carbons (Fsp3) is 0.474. The maximum Gasteiger partial charge on any atom is 0.269 e. The summed E-state index contributed by atoms with van der Waals surface area (Å²) in [6.07, 6.45) is 1.04. The summed E-state index contributed by atoms with van der Waals surface area (Å²) in [5.74, 6) is -1.90. The summed E-state index contributed by atoms with van der Waals surface area (Å²) in [6.45, 7) is 2.83. The smallest absolute Gasteiger partial charge is 0.269 e. The second kappa shape index (κ2) is 9.98. The number of nitro groups is 1. The molecule has 0 unspecified atom stereocenters. The average molecular weight is 434 g/mol. The Labute approximate surface area is 178 Å². The third kappa shape index (κ3) is 6.22. The number of nitrogens with one attached hydrogen (secondary N) is 3. The van der Waals surface area contributed by atoms with Crippen molar-refractivity contribution in [2.24, 2.45) is 5.73 Å². The van der Waals surface area contributed by atoms with Crippen molar-refractivity contribution in [2.75, 3.05) is 25.0 Å². The van der Waals surface area contributed by atoms with Gasteiger partial charge in [-0.25, -0.2) is 0 Å². The monoisotopic (exact) mass is 434 g/mol. The highest BCUT2D eigenvalue weighted by molar-refractivity contribution is 5.97. The molecule has 1 aliphatic rings. The first kappa shape index (κ1) is 23.7. The Morgan fingerprint density at radius 3 is 2.42 bits per heavy atom. The quantitative estimate of drug-likeness (QED) is 0.314. The van der Waals surface area contributed by atoms with Crippen LogP contribution in [0.25, 0.3) is 0 Å². The number of nitrogens with two attached hydrogens (primary N) is 1. The van der Waals surface area contributed by atoms with Crippen LogP contribution in [0.15, 0.2) is 24.3 Å². The fourth-order valence-corrected chi connectivity index (χ4v) is 3.25. The molecule has 12 nitrogen and oxygen atoms in total. The molecule has 0 aromatic heterocycles. The highest BCUT2D eigenvalue weighted by Gasteiger charge is 2.41. The third-order valence-corrected chi connectivity index (χ3v) is 4.77. The van der Waals surface area contributed by atoms with Crippen LogP contribution in [0.5, 0.6) is 0 Å². The molecule has 2 rings (SSSR count). The van der Waals surface area contributed by atoms with Gasteiger partial charge in [0, 0.05) is 24.4 Å². The van der Waals surface area contributed by atoms with E-state index >= 15 is 0 Å². The van der Waals surface area contributed by atoms with E-state index in [2.05, 4.69) is 16.0 Å². The maximum absolute atomic E-state index is 12.9. The van der Waals surface area contributed by atoms with Crippen molar-refractivity contribution >= 4 is 35.0 Å². The Balaban J connectivity index is 1.91. The van der Waals surface area contributed by atoms with Gasteiger partial charge in [-0.15, -0.1) is 0 Å². The Kier molecular flexibility index (Phi) is 7.64. The van der Waals surface area contributed by atoms with Gasteiger partial charge < -0.3 is 26.6 Å². The number of rotatable bonds is 8. The fourth-order valence-electron chi connectivity index (χ4n) is 3.25. The molecule has 1 aromatic rings. The topological polar surface area (TPSA) is 177 Å². The molecule has 31 heavy (non-hydrogen) atoms. The molecule has 1 saturated heterocycles. The molecule has 12 heteroatoms. The minimum atomic E-state index is -1.23. The van der Waals surface area contributed by atoms with E-state index in [0.29, 0.717) is 25.1 Å². The van der Waals surface area contributed by atoms with E-state index in [1.165, 1.54) is 43.0 Å². The van der Waals surface area contributed by atoms with Crippen LogP contribution in [0.3, 0.4) is 0 Å². The highest BCUT2D eigenvalue weighted by atomic mass is 16.6. The first-order valence-corrected chi connectivity index (χ1v) is 9.69. The van der Waals surface area contributed by atoms with Crippen molar-refractivity contribution in [2.45, 2.75) is 38.3 Å². The third-order valence-electron chi connectivity index (χ3n) is 4.77. The van der Waals surface area contributed by atoms with Crippen LogP contribution in [0.4, 0.5) is 11.4 Å². The number of carbonyl (C=O) groups excluding carboxylic acids is 4. The van der Waals surface area contributed by atoms with Crippen molar-refractivity contribution in [1.29, 1.82) is 0 Å². The summed E-state index contributed by atoms with van der Waals surface area (Å²) >= 11 is 0. The zero-order valence-corrected chi connectivity index (χ0v) is 17.3. The number of hydrogen-bond donors (Lipinski definition) is 4. The molecular weight excluding hydrogens is 408 g/mol. The first-order valence-electron chi connectivity index (χ1n) is 9.69. The molecule has 1 fully saturated rings. The highest BCUT2D eigenvalue weighted by Crippen LogP contribution is 2.22. The standard InChI is InChI=1S/C19H26N6O6/c1-19(2,23-15(26)10-20)18(29)24-9-3-4-14(24)17(28)21-11-16(27)22-12-5-7-13(8-6-12)25(30)31/h5-8,14H,3-4,9-11,20H2,1-2H3,(H,21,28)(H,22,27)(H,23,26)/t14-/m0/s1. The lowest BCUT2D eigenvalue weighted by atomic mass is 10.0. The number of nitro benzene ring substituents is 1. The zero-order chi connectivity index (χ0) is 23.2. The Hall–Kier alpha value is -3.54. The van der Waals surface area contributed by atoms with Crippen LogP contribution in [0.2, 0.25) is 0 Å². The zero-order valence-electron chi connectivity index (χ0n) is 17.3. The molecule has 168 valence electrons. The van der Waals surface area contributed by atoms with Crippen LogP contribution in [0.1, 0.15) is 26.7 Å². The van der Waals surface area contributed by atoms with Gasteiger partial charge in [0.1, 0.15) is 11.6 Å². The molecule has 0 aliphatic carbocycles. The molecule has 0 saturated carbocycles. The van der Waals surface area contributed by atoms with E-state index in [1.54, 1.807) is 0 Å². The van der Waals surface area contributed by atoms with Crippen LogP contribution in [-0.4, -0.2) is 64.7 Å². The number of non-ortho nitro benzene ring substituents is 1. The summed E-state index contributed by atoms with van der Waals surface area (Å²) in [4.78, 5) is 60.6. The largest absolute Gasteiger partial charge is 0.345 e. The van der Waals surface area contributed by atoms with Gasteiger partial charge in [-0.2, -0.15) is 0 Å². The lowest BCUT2D eigenvalue weighted by Gasteiger charge is -2.33. The van der Waals surface area contributed by atoms with Crippen molar-refractivity contribution in [3.05, 3.63) is 34.4 Å². The first-order chi connectivity index (χ1) is 14.5. The van der Waals surface area contributed by atoms with Crippen LogP contribution >= 0.6 is 0 Å². The lowest BCUT2D eigenvalue weighted by Crippen LogP contribution is -2.59. The number of benzene rings is 1. The Morgan fingerprint density at radius 2 is 1.84 bits per heavy atom. The summed E-state index contributed by atoms with van der Waals surface area (Å²) < 4.78 is 0. The number of nitrogens with zero attached hydrogens (tertiary/aromatic N) is 2. The number of hydrogen-bond acceptors (Lipinski definition) is 7. The van der Waals surface area contributed by atoms with Gasteiger partial charge in [-0.05, 0) is 38.8 Å². The van der Waals surface area contributed by atoms with Crippen molar-refractivity contribution in [3.8, 4) is 0 Å². The molecule has 5 N–H and O–H groups in total. The molecule has 1 aromatic carbocycles. The summed E-state index contributed by atoms with van der Waals surface area (Å²) in [5, 5.41) is 18.2. The number of likely N-dealkylation sites (tertiary alicyclic amines) is 1. The van der Waals surface area contributed by atoms with Crippen molar-refractivity contribution < 1.29 is 24.1 Å². The molecule has 0 bridgehead atoms. The summed E-state index contributed by atoms with van der Waals surface area (Å²) in [7, 11) is 0. The molecule has 1 heterocycles. The van der Waals surface area contributed by atoms with E-state index in [4.69, 9.17) is 5.73 Å². The molecule has 4 amide bonds. The van der Waals surface area contributed by atoms with E-state index in [1.807, 2.05) is 0 Å². The molecule has 0 spiro atoms. The van der Waals surface area contributed by atoms with Gasteiger partial charge in [0.2, 0.25) is 23.6 Å². The van der Waals surface area contributed by atoms with Crippen molar-refractivity contribution in [3.63, 3.8) is 0 Å². The van der Waals surface area contributed by atoms with E-state index < -0.39 is 40.1 Å². The minimum absolute atomic E-state index is 0.108. The Morgan fingerprint density at radius 1 is 1.19 bits per heavy atom. The van der Waals surface area contributed by atoms with Gasteiger partial charge in [-0.3, -0.25) is 29.3 Å². The lowest BCUT2D eigenvalue weighted by molar-refractivity contribution is -0.384. The number of amides is 4. The minimum Gasteiger partial charge on any atom is -0.345 e. The number of carbonyl (C=O) groups is 4. The van der Waals surface area contributed by atoms with Crippen LogP contribution in [-0.2, 0) is 19.2 Å². The normalized spacial score (nSPS) is 15.8. The predicted molar refractivity (Wildman–Crippen MR) is 111 cm³/mol. The summed E-state index contributed by atoms with van der Waals surface area (Å²) in [5.41, 5.74) is 4.29. The van der Waals surface area contributed by atoms with Gasteiger partial charge in [0.05, 0.1) is 18.0 Å². The number of anilines is 1. The SMILES string of the molecule is CC(C)(NC(=O)CN)C(=O)N1CCC[C@H]1C(=O)NCC(=O)Nc1ccc([N+](=O)[O-])cc1. The van der Waals surface area contributed by atoms with Crippen LogP contribution < -0.4 is 21.7 Å². The van der Waals surface area contributed by atoms with Crippen LogP contribution in [0, 0.1) is 10.1 Å². The van der Waals surface area contributed by atoms with Crippen molar-refractivity contribution in [1.82, 2.24) is 15.5 Å². The molecule has 1 atom stereocenters. The predicted octanol–water partition coefficient (Wildman–Crippen LogP) is -0.506. The van der Waals surface area contributed by atoms with E-state index in [0.717, 1.165) is 0 Å². The average Bonchev–Trinajstić information content (AvgIpc) is 3.21. The van der Waals surface area contributed by atoms with Gasteiger partial charge in [0.15, 0.2) is 0 Å². The van der Waals surface area contributed by atoms with Gasteiger partial charge in [-0.1, -0.05) is 0 Å². The molecular formula is C19H26N6O6. The van der Waals surface area contributed by atoms with E-state index in [9.17, 15) is 29.3 Å². The van der Waals surface area contributed by atoms with E-state index in [-0.39, 0.29) is 18.8 Å². The maximum atomic E-state index is 12.9. The Bertz CT molecular complexity index is 869.